The third-order valence-corrected chi connectivity index (χ3v) is 6.43. The van der Waals surface area contributed by atoms with Crippen LogP contribution < -0.4 is 5.48 Å². The molecule has 0 aromatic heterocycles. The second-order valence-corrected chi connectivity index (χ2v) is 9.48. The standard InChI is InChI=1S/C26H52ClNO2/c27-25-23-21-19-17-15-13-11-9-7-5-3-1-2-4-6-8-10-12-14-16-18-20-22-24-26(29)28-30/h30H,1-25H2,(H,28,29). The average Bonchev–Trinajstić information content (AvgIpc) is 2.76. The fourth-order valence-electron chi connectivity index (χ4n) is 4.15. The van der Waals surface area contributed by atoms with Crippen LogP contribution in [0.1, 0.15) is 154 Å². The van der Waals surface area contributed by atoms with Crippen molar-refractivity contribution in [1.29, 1.82) is 0 Å². The summed E-state index contributed by atoms with van der Waals surface area (Å²) in [5, 5.41) is 8.42. The highest BCUT2D eigenvalue weighted by Gasteiger charge is 1.98. The molecule has 0 radical (unpaired) electrons. The van der Waals surface area contributed by atoms with Crippen LogP contribution in [-0.4, -0.2) is 17.0 Å². The Morgan fingerprint density at radius 2 is 0.700 bits per heavy atom. The molecule has 0 atom stereocenters. The first kappa shape index (κ1) is 29.7. The fourth-order valence-corrected chi connectivity index (χ4v) is 4.34. The molecule has 1 amide bonds. The van der Waals surface area contributed by atoms with Crippen molar-refractivity contribution in [3.63, 3.8) is 0 Å². The van der Waals surface area contributed by atoms with Crippen LogP contribution in [0.15, 0.2) is 0 Å². The molecular weight excluding hydrogens is 394 g/mol. The smallest absolute Gasteiger partial charge is 0.243 e. The normalized spacial score (nSPS) is 11.1. The third kappa shape index (κ3) is 25.8. The van der Waals surface area contributed by atoms with Crippen LogP contribution in [-0.2, 0) is 4.79 Å². The van der Waals surface area contributed by atoms with E-state index in [2.05, 4.69) is 0 Å². The van der Waals surface area contributed by atoms with E-state index in [0.29, 0.717) is 6.42 Å². The van der Waals surface area contributed by atoms with E-state index in [1.165, 1.54) is 135 Å². The van der Waals surface area contributed by atoms with E-state index < -0.39 is 0 Å². The van der Waals surface area contributed by atoms with Crippen molar-refractivity contribution in [2.75, 3.05) is 5.88 Å². The van der Waals surface area contributed by atoms with Gasteiger partial charge in [0.05, 0.1) is 0 Å². The van der Waals surface area contributed by atoms with Crippen LogP contribution in [0.5, 0.6) is 0 Å². The van der Waals surface area contributed by atoms with Gasteiger partial charge in [0, 0.05) is 12.3 Å². The lowest BCUT2D eigenvalue weighted by molar-refractivity contribution is -0.129. The highest BCUT2D eigenvalue weighted by molar-refractivity contribution is 6.17. The SMILES string of the molecule is O=C(CCCCCCCCCCCCCCCCCCCCCCCCCCl)NO. The van der Waals surface area contributed by atoms with Crippen molar-refractivity contribution in [2.24, 2.45) is 0 Å². The van der Waals surface area contributed by atoms with Gasteiger partial charge in [-0.1, -0.05) is 135 Å². The number of amides is 1. The average molecular weight is 446 g/mol. The molecule has 0 aromatic rings. The maximum atomic E-state index is 10.9. The zero-order valence-electron chi connectivity index (χ0n) is 19.9. The maximum absolute atomic E-state index is 10.9. The molecule has 0 saturated heterocycles. The first-order chi connectivity index (χ1) is 14.8. The highest BCUT2D eigenvalue weighted by atomic mass is 35.5. The Labute approximate surface area is 193 Å². The summed E-state index contributed by atoms with van der Waals surface area (Å²) >= 11 is 5.70. The Bertz CT molecular complexity index is 339. The van der Waals surface area contributed by atoms with Crippen LogP contribution in [0.3, 0.4) is 0 Å². The lowest BCUT2D eigenvalue weighted by Gasteiger charge is -2.04. The molecule has 0 fully saturated rings. The topological polar surface area (TPSA) is 49.3 Å². The lowest BCUT2D eigenvalue weighted by atomic mass is 10.0. The predicted molar refractivity (Wildman–Crippen MR) is 131 cm³/mol. The second kappa shape index (κ2) is 26.8. The number of hydrogen-bond donors (Lipinski definition) is 2. The minimum absolute atomic E-state index is 0.259. The third-order valence-electron chi connectivity index (χ3n) is 6.16. The molecular formula is C26H52ClNO2. The van der Waals surface area contributed by atoms with Crippen LogP contribution >= 0.6 is 11.6 Å². The van der Waals surface area contributed by atoms with E-state index in [1.807, 2.05) is 0 Å². The van der Waals surface area contributed by atoms with Crippen molar-refractivity contribution < 1.29 is 10.0 Å². The molecule has 0 unspecified atom stereocenters. The van der Waals surface area contributed by atoms with Crippen LogP contribution in [0.25, 0.3) is 0 Å². The molecule has 0 rings (SSSR count). The van der Waals surface area contributed by atoms with Crippen molar-refractivity contribution in [2.45, 2.75) is 154 Å². The minimum atomic E-state index is -0.259. The number of carbonyl (C=O) groups is 1. The Hall–Kier alpha value is -0.280. The van der Waals surface area contributed by atoms with Crippen molar-refractivity contribution in [1.82, 2.24) is 5.48 Å². The molecule has 3 nitrogen and oxygen atoms in total. The molecule has 0 heterocycles. The molecule has 2 N–H and O–H groups in total. The van der Waals surface area contributed by atoms with Gasteiger partial charge in [0.2, 0.25) is 5.91 Å². The van der Waals surface area contributed by atoms with E-state index in [4.69, 9.17) is 16.8 Å². The van der Waals surface area contributed by atoms with Crippen LogP contribution in [0, 0.1) is 0 Å². The molecule has 0 aromatic carbocycles. The van der Waals surface area contributed by atoms with Gasteiger partial charge in [-0.25, -0.2) is 5.48 Å². The maximum Gasteiger partial charge on any atom is 0.243 e. The van der Waals surface area contributed by atoms with Gasteiger partial charge in [0.25, 0.3) is 0 Å². The number of carbonyl (C=O) groups excluding carboxylic acids is 1. The van der Waals surface area contributed by atoms with Crippen molar-refractivity contribution in [3.05, 3.63) is 0 Å². The predicted octanol–water partition coefficient (Wildman–Crippen LogP) is 9.09. The summed E-state index contributed by atoms with van der Waals surface area (Å²) in [4.78, 5) is 10.9. The van der Waals surface area contributed by atoms with E-state index >= 15 is 0 Å². The molecule has 0 spiro atoms. The van der Waals surface area contributed by atoms with Gasteiger partial charge in [-0.15, -0.1) is 11.6 Å². The van der Waals surface area contributed by atoms with Crippen molar-refractivity contribution in [3.8, 4) is 0 Å². The summed E-state index contributed by atoms with van der Waals surface area (Å²) in [5.41, 5.74) is 1.69. The monoisotopic (exact) mass is 445 g/mol. The quantitative estimate of drug-likeness (QED) is 0.0636. The van der Waals surface area contributed by atoms with Gasteiger partial charge >= 0.3 is 0 Å². The summed E-state index contributed by atoms with van der Waals surface area (Å²) in [6.07, 6.45) is 31.5. The van der Waals surface area contributed by atoms with E-state index in [9.17, 15) is 4.79 Å². The Kier molecular flexibility index (Phi) is 26.5. The van der Waals surface area contributed by atoms with E-state index in [0.717, 1.165) is 18.7 Å². The largest absolute Gasteiger partial charge is 0.289 e. The van der Waals surface area contributed by atoms with Gasteiger partial charge < -0.3 is 0 Å². The van der Waals surface area contributed by atoms with E-state index in [-0.39, 0.29) is 5.91 Å². The molecule has 30 heavy (non-hydrogen) atoms. The molecule has 0 aliphatic heterocycles. The first-order valence-corrected chi connectivity index (χ1v) is 13.8. The Morgan fingerprint density at radius 1 is 0.467 bits per heavy atom. The second-order valence-electron chi connectivity index (χ2n) is 9.11. The summed E-state index contributed by atoms with van der Waals surface area (Å²) in [6, 6.07) is 0. The van der Waals surface area contributed by atoms with Crippen LogP contribution in [0.2, 0.25) is 0 Å². The van der Waals surface area contributed by atoms with E-state index in [1.54, 1.807) is 5.48 Å². The fraction of sp³-hybridized carbons (Fsp3) is 0.962. The Morgan fingerprint density at radius 3 is 0.933 bits per heavy atom. The first-order valence-electron chi connectivity index (χ1n) is 13.3. The molecule has 0 aliphatic carbocycles. The molecule has 0 bridgehead atoms. The van der Waals surface area contributed by atoms with Gasteiger partial charge in [0.1, 0.15) is 0 Å². The molecule has 0 saturated carbocycles. The van der Waals surface area contributed by atoms with Gasteiger partial charge in [-0.05, 0) is 12.8 Å². The number of unbranched alkanes of at least 4 members (excludes halogenated alkanes) is 22. The number of rotatable bonds is 25. The van der Waals surface area contributed by atoms with Gasteiger partial charge in [-0.2, -0.15) is 0 Å². The summed E-state index contributed by atoms with van der Waals surface area (Å²) in [5.74, 6) is 0.574. The van der Waals surface area contributed by atoms with Gasteiger partial charge in [0.15, 0.2) is 0 Å². The highest BCUT2D eigenvalue weighted by Crippen LogP contribution is 2.15. The number of hydrogen-bond acceptors (Lipinski definition) is 2. The number of alkyl halides is 1. The molecule has 4 heteroatoms. The summed E-state index contributed by atoms with van der Waals surface area (Å²) in [6.45, 7) is 0. The summed E-state index contributed by atoms with van der Waals surface area (Å²) < 4.78 is 0. The minimum Gasteiger partial charge on any atom is -0.289 e. The van der Waals surface area contributed by atoms with Crippen LogP contribution in [0.4, 0.5) is 0 Å². The Balaban J connectivity index is 3.01. The molecule has 0 aliphatic rings. The molecule has 180 valence electrons. The number of halogens is 1. The van der Waals surface area contributed by atoms with Crippen molar-refractivity contribution >= 4 is 17.5 Å². The number of hydroxylamine groups is 1. The zero-order valence-corrected chi connectivity index (χ0v) is 20.7. The zero-order chi connectivity index (χ0) is 22.0. The summed E-state index contributed by atoms with van der Waals surface area (Å²) in [7, 11) is 0. The lowest BCUT2D eigenvalue weighted by Crippen LogP contribution is -2.17. The van der Waals surface area contributed by atoms with Gasteiger partial charge in [-0.3, -0.25) is 10.0 Å². The number of nitrogens with one attached hydrogen (secondary N) is 1.